The number of hydrogen-bond acceptors (Lipinski definition) is 4. The van der Waals surface area contributed by atoms with Gasteiger partial charge in [-0.05, 0) is 43.7 Å². The largest absolute Gasteiger partial charge is 0.382 e. The number of nitrogens with one attached hydrogen (secondary N) is 1. The predicted molar refractivity (Wildman–Crippen MR) is 76.7 cm³/mol. The summed E-state index contributed by atoms with van der Waals surface area (Å²) in [5.41, 5.74) is 2.71. The summed E-state index contributed by atoms with van der Waals surface area (Å²) in [5, 5.41) is 3.39. The van der Waals surface area contributed by atoms with Crippen molar-refractivity contribution in [2.45, 2.75) is 32.1 Å². The fraction of sp³-hybridized carbons (Fsp3) is 0.667. The Morgan fingerprint density at radius 2 is 2.11 bits per heavy atom. The Morgan fingerprint density at radius 3 is 3.00 bits per heavy atom. The van der Waals surface area contributed by atoms with Crippen LogP contribution in [0.3, 0.4) is 0 Å². The van der Waals surface area contributed by atoms with E-state index in [1.807, 2.05) is 0 Å². The van der Waals surface area contributed by atoms with E-state index in [0.29, 0.717) is 13.2 Å². The minimum absolute atomic E-state index is 0.678. The third-order valence-electron chi connectivity index (χ3n) is 3.38. The molecule has 0 amide bonds. The smallest absolute Gasteiger partial charge is 0.126 e. The standard InChI is InChI=1S/C15H24N2O2/c1-18-11-12-19-10-3-2-9-16-15-8-7-13-5-4-6-14(13)17-15/h7-8H,2-6,9-12H2,1H3,(H,16,17). The zero-order valence-corrected chi connectivity index (χ0v) is 11.8. The minimum Gasteiger partial charge on any atom is -0.382 e. The maximum atomic E-state index is 5.42. The molecule has 1 aromatic heterocycles. The molecule has 0 fully saturated rings. The van der Waals surface area contributed by atoms with E-state index in [4.69, 9.17) is 9.47 Å². The predicted octanol–water partition coefficient (Wildman–Crippen LogP) is 2.43. The van der Waals surface area contributed by atoms with Crippen LogP contribution in [0.1, 0.15) is 30.5 Å². The first-order valence-electron chi connectivity index (χ1n) is 7.19. The highest BCUT2D eigenvalue weighted by Gasteiger charge is 2.11. The van der Waals surface area contributed by atoms with Gasteiger partial charge in [0.15, 0.2) is 0 Å². The lowest BCUT2D eigenvalue weighted by atomic mass is 10.2. The average Bonchev–Trinajstić information content (AvgIpc) is 2.89. The molecule has 0 saturated heterocycles. The van der Waals surface area contributed by atoms with Gasteiger partial charge in [0.2, 0.25) is 0 Å². The second-order valence-electron chi connectivity index (χ2n) is 4.89. The SMILES string of the molecule is COCCOCCCCNc1ccc2c(n1)CCC2. The zero-order chi connectivity index (χ0) is 13.3. The van der Waals surface area contributed by atoms with Gasteiger partial charge >= 0.3 is 0 Å². The molecule has 19 heavy (non-hydrogen) atoms. The summed E-state index contributed by atoms with van der Waals surface area (Å²) in [5.74, 6) is 1.01. The van der Waals surface area contributed by atoms with E-state index in [2.05, 4.69) is 22.4 Å². The van der Waals surface area contributed by atoms with Crippen LogP contribution in [0.15, 0.2) is 12.1 Å². The summed E-state index contributed by atoms with van der Waals surface area (Å²) in [6, 6.07) is 4.31. The number of aromatic nitrogens is 1. The fourth-order valence-electron chi connectivity index (χ4n) is 2.31. The van der Waals surface area contributed by atoms with Crippen molar-refractivity contribution < 1.29 is 9.47 Å². The van der Waals surface area contributed by atoms with Crippen LogP contribution in [0.5, 0.6) is 0 Å². The van der Waals surface area contributed by atoms with Gasteiger partial charge in [0.05, 0.1) is 13.2 Å². The van der Waals surface area contributed by atoms with E-state index in [0.717, 1.165) is 38.2 Å². The molecule has 106 valence electrons. The van der Waals surface area contributed by atoms with Gasteiger partial charge < -0.3 is 14.8 Å². The molecule has 1 aromatic rings. The van der Waals surface area contributed by atoms with Crippen molar-refractivity contribution in [1.82, 2.24) is 4.98 Å². The van der Waals surface area contributed by atoms with Crippen LogP contribution in [0.4, 0.5) is 5.82 Å². The molecule has 0 spiro atoms. The second-order valence-corrected chi connectivity index (χ2v) is 4.89. The van der Waals surface area contributed by atoms with Crippen molar-refractivity contribution in [3.63, 3.8) is 0 Å². The third kappa shape index (κ3) is 4.80. The monoisotopic (exact) mass is 264 g/mol. The topological polar surface area (TPSA) is 43.4 Å². The van der Waals surface area contributed by atoms with Gasteiger partial charge in [0.1, 0.15) is 5.82 Å². The number of unbranched alkanes of at least 4 members (excludes halogenated alkanes) is 1. The molecule has 4 nitrogen and oxygen atoms in total. The van der Waals surface area contributed by atoms with Gasteiger partial charge in [-0.25, -0.2) is 4.98 Å². The normalized spacial score (nSPS) is 13.5. The molecular weight excluding hydrogens is 240 g/mol. The molecule has 0 aromatic carbocycles. The van der Waals surface area contributed by atoms with E-state index < -0.39 is 0 Å². The van der Waals surface area contributed by atoms with E-state index in [-0.39, 0.29) is 0 Å². The van der Waals surface area contributed by atoms with Crippen LogP contribution in [-0.4, -0.2) is 38.5 Å². The highest BCUT2D eigenvalue weighted by Crippen LogP contribution is 2.21. The average molecular weight is 264 g/mol. The lowest BCUT2D eigenvalue weighted by Gasteiger charge is -2.07. The van der Waals surface area contributed by atoms with Crippen LogP contribution >= 0.6 is 0 Å². The number of nitrogens with zero attached hydrogens (tertiary/aromatic N) is 1. The molecule has 1 N–H and O–H groups in total. The molecule has 0 atom stereocenters. The molecule has 0 radical (unpaired) electrons. The molecule has 1 heterocycles. The van der Waals surface area contributed by atoms with Crippen LogP contribution in [-0.2, 0) is 22.3 Å². The third-order valence-corrected chi connectivity index (χ3v) is 3.38. The first-order chi connectivity index (χ1) is 9.40. The van der Waals surface area contributed by atoms with E-state index in [1.165, 1.54) is 24.1 Å². The summed E-state index contributed by atoms with van der Waals surface area (Å²) < 4.78 is 10.3. The van der Waals surface area contributed by atoms with Crippen molar-refractivity contribution in [2.75, 3.05) is 38.8 Å². The van der Waals surface area contributed by atoms with Crippen molar-refractivity contribution in [1.29, 1.82) is 0 Å². The maximum absolute atomic E-state index is 5.42. The highest BCUT2D eigenvalue weighted by molar-refractivity contribution is 5.40. The Balaban J connectivity index is 1.56. The number of hydrogen-bond donors (Lipinski definition) is 1. The quantitative estimate of drug-likeness (QED) is 0.696. The number of aryl methyl sites for hydroxylation is 2. The Kier molecular flexibility index (Phi) is 6.11. The molecule has 0 aliphatic heterocycles. The van der Waals surface area contributed by atoms with Gasteiger partial charge in [-0.1, -0.05) is 6.07 Å². The molecule has 2 rings (SSSR count). The summed E-state index contributed by atoms with van der Waals surface area (Å²) >= 11 is 0. The molecule has 1 aliphatic carbocycles. The molecule has 1 aliphatic rings. The lowest BCUT2D eigenvalue weighted by molar-refractivity contribution is 0.0691. The van der Waals surface area contributed by atoms with Gasteiger partial charge in [-0.2, -0.15) is 0 Å². The molecule has 0 saturated carbocycles. The van der Waals surface area contributed by atoms with E-state index in [1.54, 1.807) is 7.11 Å². The minimum atomic E-state index is 0.678. The van der Waals surface area contributed by atoms with Crippen LogP contribution in [0.25, 0.3) is 0 Å². The Bertz CT molecular complexity index is 382. The Hall–Kier alpha value is -1.13. The number of anilines is 1. The van der Waals surface area contributed by atoms with Gasteiger partial charge in [0, 0.05) is 26.0 Å². The summed E-state index contributed by atoms with van der Waals surface area (Å²) in [6.07, 6.45) is 5.76. The van der Waals surface area contributed by atoms with Crippen LogP contribution in [0, 0.1) is 0 Å². The fourth-order valence-corrected chi connectivity index (χ4v) is 2.31. The molecule has 4 heteroatoms. The molecule has 0 bridgehead atoms. The lowest BCUT2D eigenvalue weighted by Crippen LogP contribution is -2.07. The van der Waals surface area contributed by atoms with E-state index >= 15 is 0 Å². The number of fused-ring (bicyclic) bond motifs is 1. The van der Waals surface area contributed by atoms with Crippen molar-refractivity contribution in [3.05, 3.63) is 23.4 Å². The number of pyridine rings is 1. The molecule has 0 unspecified atom stereocenters. The first kappa shape index (κ1) is 14.3. The van der Waals surface area contributed by atoms with E-state index in [9.17, 15) is 0 Å². The van der Waals surface area contributed by atoms with Crippen molar-refractivity contribution in [3.8, 4) is 0 Å². The summed E-state index contributed by atoms with van der Waals surface area (Å²) in [6.45, 7) is 3.13. The first-order valence-corrected chi connectivity index (χ1v) is 7.19. The Labute approximate surface area is 115 Å². The zero-order valence-electron chi connectivity index (χ0n) is 11.8. The van der Waals surface area contributed by atoms with Crippen molar-refractivity contribution in [2.24, 2.45) is 0 Å². The maximum Gasteiger partial charge on any atom is 0.126 e. The van der Waals surface area contributed by atoms with Crippen LogP contribution < -0.4 is 5.32 Å². The Morgan fingerprint density at radius 1 is 1.16 bits per heavy atom. The number of ether oxygens (including phenoxy) is 2. The van der Waals surface area contributed by atoms with Gasteiger partial charge in [0.25, 0.3) is 0 Å². The van der Waals surface area contributed by atoms with Gasteiger partial charge in [-0.15, -0.1) is 0 Å². The highest BCUT2D eigenvalue weighted by atomic mass is 16.5. The number of rotatable bonds is 9. The van der Waals surface area contributed by atoms with Crippen LogP contribution in [0.2, 0.25) is 0 Å². The number of methoxy groups -OCH3 is 1. The van der Waals surface area contributed by atoms with Crippen molar-refractivity contribution >= 4 is 5.82 Å². The summed E-state index contributed by atoms with van der Waals surface area (Å²) in [4.78, 5) is 4.65. The van der Waals surface area contributed by atoms with Gasteiger partial charge in [-0.3, -0.25) is 0 Å². The molecular formula is C15H24N2O2. The second kappa shape index (κ2) is 8.12. The summed E-state index contributed by atoms with van der Waals surface area (Å²) in [7, 11) is 1.69.